The summed E-state index contributed by atoms with van der Waals surface area (Å²) in [5.74, 6) is 0. The molecule has 2 aromatic carbocycles. The number of benzene rings is 2. The first-order valence-electron chi connectivity index (χ1n) is 7.99. The Morgan fingerprint density at radius 1 is 0.739 bits per heavy atom. The second-order valence-electron chi connectivity index (χ2n) is 5.93. The van der Waals surface area contributed by atoms with Crippen LogP contribution >= 0.6 is 0 Å². The first-order chi connectivity index (χ1) is 11.3. The van der Waals surface area contributed by atoms with Gasteiger partial charge in [0.2, 0.25) is 0 Å². The summed E-state index contributed by atoms with van der Waals surface area (Å²) in [6.45, 7) is 2.53. The van der Waals surface area contributed by atoms with Crippen molar-refractivity contribution in [3.8, 4) is 0 Å². The van der Waals surface area contributed by atoms with Crippen molar-refractivity contribution < 1.29 is 18.9 Å². The largest absolute Gasteiger partial charge is 0.346 e. The fourth-order valence-corrected chi connectivity index (χ4v) is 3.09. The third kappa shape index (κ3) is 3.03. The van der Waals surface area contributed by atoms with E-state index >= 15 is 0 Å². The molecule has 0 bridgehead atoms. The molecule has 120 valence electrons. The molecule has 23 heavy (non-hydrogen) atoms. The Hall–Kier alpha value is -1.72. The van der Waals surface area contributed by atoms with Crippen molar-refractivity contribution in [2.24, 2.45) is 0 Å². The van der Waals surface area contributed by atoms with E-state index in [2.05, 4.69) is 0 Å². The first-order valence-corrected chi connectivity index (χ1v) is 7.99. The van der Waals surface area contributed by atoms with E-state index in [1.54, 1.807) is 0 Å². The van der Waals surface area contributed by atoms with Crippen LogP contribution in [0, 0.1) is 0 Å². The van der Waals surface area contributed by atoms with E-state index in [0.29, 0.717) is 6.61 Å². The van der Waals surface area contributed by atoms with Gasteiger partial charge in [-0.15, -0.1) is 0 Å². The van der Waals surface area contributed by atoms with Crippen molar-refractivity contribution in [3.05, 3.63) is 71.8 Å². The van der Waals surface area contributed by atoms with E-state index < -0.39 is 0 Å². The summed E-state index contributed by atoms with van der Waals surface area (Å²) in [6.07, 6.45) is -1.04. The van der Waals surface area contributed by atoms with Crippen LogP contribution < -0.4 is 0 Å². The molecule has 0 N–H and O–H groups in total. The molecule has 0 spiro atoms. The summed E-state index contributed by atoms with van der Waals surface area (Å²) in [5.41, 5.74) is 2.03. The van der Waals surface area contributed by atoms with E-state index in [4.69, 9.17) is 18.9 Å². The summed E-state index contributed by atoms with van der Waals surface area (Å²) in [7, 11) is 0. The zero-order valence-corrected chi connectivity index (χ0v) is 13.0. The van der Waals surface area contributed by atoms with Gasteiger partial charge in [0.05, 0.1) is 12.7 Å². The maximum atomic E-state index is 6.10. The fraction of sp³-hybridized carbons (Fsp3) is 0.368. The summed E-state index contributed by atoms with van der Waals surface area (Å²) in [4.78, 5) is 0. The highest BCUT2D eigenvalue weighted by Gasteiger charge is 2.43. The van der Waals surface area contributed by atoms with E-state index in [9.17, 15) is 0 Å². The minimum Gasteiger partial charge on any atom is -0.346 e. The van der Waals surface area contributed by atoms with Crippen LogP contribution in [0.25, 0.3) is 0 Å². The van der Waals surface area contributed by atoms with E-state index in [-0.39, 0.29) is 30.9 Å². The lowest BCUT2D eigenvalue weighted by atomic mass is 10.0. The maximum absolute atomic E-state index is 6.10. The minimum absolute atomic E-state index is 0.0610. The molecule has 0 saturated carbocycles. The summed E-state index contributed by atoms with van der Waals surface area (Å²) >= 11 is 0. The molecule has 0 aromatic heterocycles. The molecule has 5 atom stereocenters. The Labute approximate surface area is 135 Å². The number of rotatable bonds is 2. The van der Waals surface area contributed by atoms with Gasteiger partial charge in [-0.2, -0.15) is 0 Å². The topological polar surface area (TPSA) is 36.9 Å². The van der Waals surface area contributed by atoms with Crippen molar-refractivity contribution in [2.75, 3.05) is 6.61 Å². The second-order valence-corrected chi connectivity index (χ2v) is 5.93. The van der Waals surface area contributed by atoms with Crippen LogP contribution in [0.4, 0.5) is 0 Å². The van der Waals surface area contributed by atoms with Crippen LogP contribution in [0.5, 0.6) is 0 Å². The Balaban J connectivity index is 1.48. The molecule has 0 radical (unpaired) electrons. The fourth-order valence-electron chi connectivity index (χ4n) is 3.09. The van der Waals surface area contributed by atoms with Gasteiger partial charge in [-0.25, -0.2) is 0 Å². The van der Waals surface area contributed by atoms with Crippen molar-refractivity contribution in [1.82, 2.24) is 0 Å². The van der Waals surface area contributed by atoms with Crippen molar-refractivity contribution >= 4 is 0 Å². The van der Waals surface area contributed by atoms with Gasteiger partial charge in [-0.1, -0.05) is 60.7 Å². The Kier molecular flexibility index (Phi) is 4.14. The molecule has 4 nitrogen and oxygen atoms in total. The average Bonchev–Trinajstić information content (AvgIpc) is 2.63. The van der Waals surface area contributed by atoms with Crippen molar-refractivity contribution in [1.29, 1.82) is 0 Å². The smallest absolute Gasteiger partial charge is 0.184 e. The average molecular weight is 312 g/mol. The predicted octanol–water partition coefficient (Wildman–Crippen LogP) is 3.60. The SMILES string of the molecule is C[C@@H]1O[C@@H](c2ccccc2)O[C@@H]2CO[C@H](c3ccccc3)O[C@@H]12. The lowest BCUT2D eigenvalue weighted by molar-refractivity contribution is -0.360. The van der Waals surface area contributed by atoms with Crippen molar-refractivity contribution in [3.63, 3.8) is 0 Å². The molecule has 2 fully saturated rings. The van der Waals surface area contributed by atoms with E-state index in [1.807, 2.05) is 67.6 Å². The highest BCUT2D eigenvalue weighted by atomic mass is 16.8. The van der Waals surface area contributed by atoms with Crippen LogP contribution in [0.1, 0.15) is 30.6 Å². The van der Waals surface area contributed by atoms with Gasteiger partial charge in [0.15, 0.2) is 12.6 Å². The molecule has 2 heterocycles. The van der Waals surface area contributed by atoms with Gasteiger partial charge in [0.1, 0.15) is 12.2 Å². The van der Waals surface area contributed by atoms with Gasteiger partial charge in [0.25, 0.3) is 0 Å². The summed E-state index contributed by atoms with van der Waals surface area (Å²) < 4.78 is 24.0. The molecule has 2 aromatic rings. The maximum Gasteiger partial charge on any atom is 0.184 e. The van der Waals surface area contributed by atoms with Gasteiger partial charge in [0, 0.05) is 11.1 Å². The quantitative estimate of drug-likeness (QED) is 0.849. The standard InChI is InChI=1S/C19H20O4/c1-13-17-16(22-19(21-13)15-10-6-3-7-11-15)12-20-18(23-17)14-8-4-2-5-9-14/h2-11,13,16-19H,12H2,1H3/t13-,16+,17-,18-,19+/m0/s1. The van der Waals surface area contributed by atoms with E-state index in [1.165, 1.54) is 0 Å². The minimum atomic E-state index is -0.368. The second kappa shape index (κ2) is 6.42. The molecule has 4 rings (SSSR count). The van der Waals surface area contributed by atoms with Crippen LogP contribution in [0.15, 0.2) is 60.7 Å². The monoisotopic (exact) mass is 312 g/mol. The highest BCUT2D eigenvalue weighted by molar-refractivity contribution is 5.18. The molecule has 0 aliphatic carbocycles. The molecule has 0 unspecified atom stereocenters. The van der Waals surface area contributed by atoms with Crippen LogP contribution in [-0.2, 0) is 18.9 Å². The van der Waals surface area contributed by atoms with Gasteiger partial charge >= 0.3 is 0 Å². The number of hydrogen-bond donors (Lipinski definition) is 0. The predicted molar refractivity (Wildman–Crippen MR) is 84.6 cm³/mol. The van der Waals surface area contributed by atoms with Gasteiger partial charge in [-0.3, -0.25) is 0 Å². The molecule has 0 amide bonds. The Morgan fingerprint density at radius 3 is 2.00 bits per heavy atom. The van der Waals surface area contributed by atoms with Crippen molar-refractivity contribution in [2.45, 2.75) is 37.8 Å². The zero-order valence-electron chi connectivity index (χ0n) is 13.0. The van der Waals surface area contributed by atoms with Gasteiger partial charge in [-0.05, 0) is 6.92 Å². The number of fused-ring (bicyclic) bond motifs is 1. The molecular formula is C19H20O4. The normalized spacial score (nSPS) is 33.9. The Bertz CT molecular complexity index is 630. The zero-order chi connectivity index (χ0) is 15.6. The third-order valence-corrected chi connectivity index (χ3v) is 4.30. The summed E-state index contributed by atoms with van der Waals surface area (Å²) in [6, 6.07) is 19.9. The summed E-state index contributed by atoms with van der Waals surface area (Å²) in [5, 5.41) is 0. The third-order valence-electron chi connectivity index (χ3n) is 4.30. The Morgan fingerprint density at radius 2 is 1.35 bits per heavy atom. The highest BCUT2D eigenvalue weighted by Crippen LogP contribution is 2.37. The molecule has 2 saturated heterocycles. The number of ether oxygens (including phenoxy) is 4. The molecule has 2 aliphatic heterocycles. The molecule has 4 heteroatoms. The van der Waals surface area contributed by atoms with Crippen LogP contribution in [0.3, 0.4) is 0 Å². The molecule has 2 aliphatic rings. The van der Waals surface area contributed by atoms with Crippen LogP contribution in [0.2, 0.25) is 0 Å². The first kappa shape index (κ1) is 14.8. The number of hydrogen-bond acceptors (Lipinski definition) is 4. The van der Waals surface area contributed by atoms with Crippen LogP contribution in [-0.4, -0.2) is 24.9 Å². The lowest BCUT2D eigenvalue weighted by Crippen LogP contribution is -2.53. The molecular weight excluding hydrogens is 292 g/mol. The van der Waals surface area contributed by atoms with Gasteiger partial charge < -0.3 is 18.9 Å². The lowest BCUT2D eigenvalue weighted by Gasteiger charge is -2.45. The van der Waals surface area contributed by atoms with E-state index in [0.717, 1.165) is 11.1 Å².